The van der Waals surface area contributed by atoms with Gasteiger partial charge in [-0.1, -0.05) is 17.8 Å². The number of hydrogen-bond acceptors (Lipinski definition) is 4. The number of thioether (sulfide) groups is 1. The summed E-state index contributed by atoms with van der Waals surface area (Å²) >= 11 is 1.61. The summed E-state index contributed by atoms with van der Waals surface area (Å²) in [6, 6.07) is 4.82. The zero-order valence-corrected chi connectivity index (χ0v) is 8.79. The van der Waals surface area contributed by atoms with Crippen LogP contribution in [0.5, 0.6) is 5.75 Å². The summed E-state index contributed by atoms with van der Waals surface area (Å²) in [6.45, 7) is 0. The fourth-order valence-electron chi connectivity index (χ4n) is 1.41. The second-order valence-electron chi connectivity index (χ2n) is 3.34. The molecule has 2 rings (SSSR count). The molecule has 0 saturated heterocycles. The predicted octanol–water partition coefficient (Wildman–Crippen LogP) is 1.08. The first-order chi connectivity index (χ1) is 7.16. The molecule has 0 radical (unpaired) electrons. The van der Waals surface area contributed by atoms with E-state index in [9.17, 15) is 4.79 Å². The summed E-state index contributed by atoms with van der Waals surface area (Å²) in [6.07, 6.45) is 0.350. The lowest BCUT2D eigenvalue weighted by molar-refractivity contribution is -0.138. The first kappa shape index (κ1) is 10.3. The Kier molecular flexibility index (Phi) is 2.83. The molecule has 3 N–H and O–H groups in total. The average molecular weight is 225 g/mol. The molecule has 1 aromatic rings. The Bertz CT molecular complexity index is 394. The highest BCUT2D eigenvalue weighted by Crippen LogP contribution is 2.36. The monoisotopic (exact) mass is 225 g/mol. The average Bonchev–Trinajstić information content (AvgIpc) is 2.64. The van der Waals surface area contributed by atoms with Crippen LogP contribution in [-0.4, -0.2) is 23.1 Å². The topological polar surface area (TPSA) is 72.5 Å². The zero-order valence-electron chi connectivity index (χ0n) is 7.97. The molecule has 0 aliphatic carbocycles. The van der Waals surface area contributed by atoms with E-state index in [4.69, 9.17) is 15.6 Å². The lowest BCUT2D eigenvalue weighted by atomic mass is 10.1. The maximum atomic E-state index is 10.6. The first-order valence-corrected chi connectivity index (χ1v) is 5.52. The molecule has 0 fully saturated rings. The van der Waals surface area contributed by atoms with Gasteiger partial charge in [-0.25, -0.2) is 0 Å². The van der Waals surface area contributed by atoms with Crippen LogP contribution in [0.4, 0.5) is 0 Å². The molecule has 0 amide bonds. The Morgan fingerprint density at radius 3 is 3.20 bits per heavy atom. The molecular formula is C10H11NO3S. The lowest BCUT2D eigenvalue weighted by Gasteiger charge is -2.07. The third kappa shape index (κ3) is 2.24. The third-order valence-electron chi connectivity index (χ3n) is 2.21. The molecule has 1 aliphatic rings. The second-order valence-corrected chi connectivity index (χ2v) is 4.30. The highest BCUT2D eigenvalue weighted by Gasteiger charge is 2.16. The van der Waals surface area contributed by atoms with Crippen molar-refractivity contribution in [1.82, 2.24) is 0 Å². The molecule has 0 aromatic heterocycles. The molecule has 5 heteroatoms. The maximum Gasteiger partial charge on any atom is 0.320 e. The number of hydrogen-bond donors (Lipinski definition) is 2. The van der Waals surface area contributed by atoms with E-state index >= 15 is 0 Å². The van der Waals surface area contributed by atoms with E-state index in [0.717, 1.165) is 16.2 Å². The number of rotatable bonds is 3. The Balaban J connectivity index is 2.13. The van der Waals surface area contributed by atoms with Gasteiger partial charge >= 0.3 is 5.97 Å². The molecule has 0 saturated carbocycles. The minimum absolute atomic E-state index is 0.350. The highest BCUT2D eigenvalue weighted by atomic mass is 32.2. The number of carboxylic acids is 1. The van der Waals surface area contributed by atoms with Gasteiger partial charge in [0.05, 0.1) is 4.90 Å². The van der Waals surface area contributed by atoms with Gasteiger partial charge in [0.1, 0.15) is 17.7 Å². The van der Waals surface area contributed by atoms with Crippen LogP contribution in [0.25, 0.3) is 0 Å². The van der Waals surface area contributed by atoms with Crippen molar-refractivity contribution in [2.24, 2.45) is 5.73 Å². The number of carbonyl (C=O) groups is 1. The van der Waals surface area contributed by atoms with E-state index in [0.29, 0.717) is 12.4 Å². The van der Waals surface area contributed by atoms with Crippen LogP contribution in [0.1, 0.15) is 5.56 Å². The summed E-state index contributed by atoms with van der Waals surface area (Å²) in [5.74, 6) is 0.524. The number of fused-ring (bicyclic) bond motifs is 1. The van der Waals surface area contributed by atoms with Gasteiger partial charge in [0.2, 0.25) is 0 Å². The highest BCUT2D eigenvalue weighted by molar-refractivity contribution is 7.99. The summed E-state index contributed by atoms with van der Waals surface area (Å²) in [7, 11) is 0. The van der Waals surface area contributed by atoms with E-state index in [1.807, 2.05) is 18.2 Å². The van der Waals surface area contributed by atoms with Crippen LogP contribution in [0, 0.1) is 0 Å². The van der Waals surface area contributed by atoms with Crippen molar-refractivity contribution in [3.05, 3.63) is 23.8 Å². The van der Waals surface area contributed by atoms with Crippen molar-refractivity contribution in [2.75, 3.05) is 5.94 Å². The molecule has 0 spiro atoms. The van der Waals surface area contributed by atoms with Crippen LogP contribution in [0.3, 0.4) is 0 Å². The van der Waals surface area contributed by atoms with Crippen molar-refractivity contribution in [3.8, 4) is 5.75 Å². The standard InChI is InChI=1S/C10H11NO3S/c11-7(10(12)13)3-6-1-2-8-9(4-6)15-5-14-8/h1-2,4,7H,3,5,11H2,(H,12,13). The first-order valence-electron chi connectivity index (χ1n) is 4.54. The van der Waals surface area contributed by atoms with Crippen molar-refractivity contribution >= 4 is 17.7 Å². The molecule has 80 valence electrons. The molecule has 0 bridgehead atoms. The Labute approximate surface area is 91.4 Å². The molecule has 1 heterocycles. The molecule has 15 heavy (non-hydrogen) atoms. The second kappa shape index (κ2) is 4.12. The van der Waals surface area contributed by atoms with Crippen molar-refractivity contribution < 1.29 is 14.6 Å². The molecular weight excluding hydrogens is 214 g/mol. The van der Waals surface area contributed by atoms with Crippen LogP contribution >= 0.6 is 11.8 Å². The van der Waals surface area contributed by atoms with Gasteiger partial charge in [0, 0.05) is 0 Å². The lowest BCUT2D eigenvalue weighted by Crippen LogP contribution is -2.32. The number of carboxylic acid groups (broad SMARTS) is 1. The van der Waals surface area contributed by atoms with Crippen molar-refractivity contribution in [1.29, 1.82) is 0 Å². The van der Waals surface area contributed by atoms with Crippen LogP contribution in [-0.2, 0) is 11.2 Å². The third-order valence-corrected chi connectivity index (χ3v) is 3.08. The van der Waals surface area contributed by atoms with Gasteiger partial charge in [0.25, 0.3) is 0 Å². The fraction of sp³-hybridized carbons (Fsp3) is 0.300. The SMILES string of the molecule is NC(Cc1ccc2c(c1)SCO2)C(=O)O. The van der Waals surface area contributed by atoms with Crippen LogP contribution in [0.15, 0.2) is 23.1 Å². The van der Waals surface area contributed by atoms with Crippen LogP contribution < -0.4 is 10.5 Å². The summed E-state index contributed by atoms with van der Waals surface area (Å²) in [5.41, 5.74) is 6.39. The number of nitrogens with two attached hydrogens (primary N) is 1. The normalized spacial score (nSPS) is 15.5. The quantitative estimate of drug-likeness (QED) is 0.805. The Hall–Kier alpha value is -1.20. The van der Waals surface area contributed by atoms with E-state index in [-0.39, 0.29) is 0 Å². The molecule has 1 unspecified atom stereocenters. The fourth-order valence-corrected chi connectivity index (χ4v) is 2.23. The van der Waals surface area contributed by atoms with Crippen molar-refractivity contribution in [3.63, 3.8) is 0 Å². The molecule has 4 nitrogen and oxygen atoms in total. The van der Waals surface area contributed by atoms with E-state index in [1.54, 1.807) is 11.8 Å². The van der Waals surface area contributed by atoms with E-state index < -0.39 is 12.0 Å². The van der Waals surface area contributed by atoms with E-state index in [2.05, 4.69) is 0 Å². The minimum atomic E-state index is -0.973. The van der Waals surface area contributed by atoms with Crippen molar-refractivity contribution in [2.45, 2.75) is 17.4 Å². The summed E-state index contributed by atoms with van der Waals surface area (Å²) in [5, 5.41) is 8.68. The molecule has 1 aromatic carbocycles. The summed E-state index contributed by atoms with van der Waals surface area (Å²) in [4.78, 5) is 11.6. The van der Waals surface area contributed by atoms with Gasteiger partial charge in [0.15, 0.2) is 0 Å². The molecule has 1 aliphatic heterocycles. The number of ether oxygens (including phenoxy) is 1. The maximum absolute atomic E-state index is 10.6. The predicted molar refractivity (Wildman–Crippen MR) is 57.1 cm³/mol. The zero-order chi connectivity index (χ0) is 10.8. The number of benzene rings is 1. The smallest absolute Gasteiger partial charge is 0.320 e. The van der Waals surface area contributed by atoms with Gasteiger partial charge in [-0.3, -0.25) is 4.79 Å². The molecule has 1 atom stereocenters. The van der Waals surface area contributed by atoms with Gasteiger partial charge in [-0.15, -0.1) is 0 Å². The van der Waals surface area contributed by atoms with Gasteiger partial charge < -0.3 is 15.6 Å². The van der Waals surface area contributed by atoms with Gasteiger partial charge in [-0.2, -0.15) is 0 Å². The van der Waals surface area contributed by atoms with Gasteiger partial charge in [-0.05, 0) is 24.1 Å². The van der Waals surface area contributed by atoms with Crippen LogP contribution in [0.2, 0.25) is 0 Å². The largest absolute Gasteiger partial charge is 0.481 e. The van der Waals surface area contributed by atoms with E-state index in [1.165, 1.54) is 0 Å². The Morgan fingerprint density at radius 2 is 2.47 bits per heavy atom. The minimum Gasteiger partial charge on any atom is -0.481 e. The Morgan fingerprint density at radius 1 is 1.67 bits per heavy atom. The summed E-state index contributed by atoms with van der Waals surface area (Å²) < 4.78 is 5.32. The number of aliphatic carboxylic acids is 1.